The Labute approximate surface area is 249 Å². The first kappa shape index (κ1) is 29.1. The van der Waals surface area contributed by atoms with Gasteiger partial charge in [-0.15, -0.1) is 0 Å². The van der Waals surface area contributed by atoms with Gasteiger partial charge in [0.25, 0.3) is 5.91 Å². The van der Waals surface area contributed by atoms with Crippen molar-refractivity contribution in [2.75, 3.05) is 24.4 Å². The molecule has 0 saturated heterocycles. The molecule has 9 heteroatoms. The predicted molar refractivity (Wildman–Crippen MR) is 166 cm³/mol. The van der Waals surface area contributed by atoms with Crippen LogP contribution in [-0.2, 0) is 12.0 Å². The number of aromatic nitrogens is 3. The molecule has 3 aromatic heterocycles. The van der Waals surface area contributed by atoms with Crippen LogP contribution in [0.1, 0.15) is 41.0 Å². The number of carbonyl (C=O) groups is 1. The molecule has 5 aromatic rings. The second-order valence-electron chi connectivity index (χ2n) is 10.9. The predicted octanol–water partition coefficient (Wildman–Crippen LogP) is 6.84. The van der Waals surface area contributed by atoms with Crippen LogP contribution in [0.4, 0.5) is 15.9 Å². The number of ether oxygens (including phenoxy) is 1. The number of methoxy groups -OCH3 is 1. The van der Waals surface area contributed by atoms with Gasteiger partial charge in [0.1, 0.15) is 17.4 Å². The monoisotopic (exact) mass is 574 g/mol. The average Bonchev–Trinajstić information content (AvgIpc) is 3.02. The van der Waals surface area contributed by atoms with Crippen molar-refractivity contribution in [3.8, 4) is 22.9 Å². The SMILES string of the molecule is COc1ccc(CN(C)c2cc3ncc(-c4cc(NC(=O)c5ccnc(C(C)(C)C#N)c5)c(F)cc4C)cc3cn2)cc1. The van der Waals surface area contributed by atoms with Crippen molar-refractivity contribution in [1.82, 2.24) is 15.0 Å². The lowest BCUT2D eigenvalue weighted by Gasteiger charge is -2.19. The van der Waals surface area contributed by atoms with Crippen LogP contribution in [0.5, 0.6) is 5.75 Å². The molecule has 0 saturated carbocycles. The van der Waals surface area contributed by atoms with E-state index in [1.165, 1.54) is 18.3 Å². The topological polar surface area (TPSA) is 104 Å². The fraction of sp³-hybridized carbons (Fsp3) is 0.206. The van der Waals surface area contributed by atoms with Gasteiger partial charge in [0, 0.05) is 54.8 Å². The van der Waals surface area contributed by atoms with Gasteiger partial charge in [-0.05, 0) is 79.9 Å². The van der Waals surface area contributed by atoms with Gasteiger partial charge in [-0.25, -0.2) is 9.37 Å². The molecule has 0 fully saturated rings. The zero-order valence-corrected chi connectivity index (χ0v) is 24.6. The lowest BCUT2D eigenvalue weighted by Crippen LogP contribution is -2.19. The van der Waals surface area contributed by atoms with Gasteiger partial charge in [-0.1, -0.05) is 12.1 Å². The summed E-state index contributed by atoms with van der Waals surface area (Å²) in [6, 6.07) is 20.0. The minimum Gasteiger partial charge on any atom is -0.497 e. The molecule has 1 amide bonds. The highest BCUT2D eigenvalue weighted by Crippen LogP contribution is 2.31. The molecule has 0 bridgehead atoms. The van der Waals surface area contributed by atoms with Gasteiger partial charge >= 0.3 is 0 Å². The zero-order valence-electron chi connectivity index (χ0n) is 24.6. The highest BCUT2D eigenvalue weighted by molar-refractivity contribution is 6.04. The standard InChI is InChI=1S/C34H31FN6O2/c1-21-12-28(35)30(40-33(42)23-10-11-37-31(14-23)34(2,3)20-36)15-27(21)24-13-25-18-39-32(16-29(25)38-17-24)41(4)19-22-6-8-26(43-5)9-7-22/h6-18H,19H2,1-5H3,(H,40,42). The van der Waals surface area contributed by atoms with Crippen molar-refractivity contribution in [1.29, 1.82) is 5.26 Å². The molecule has 1 N–H and O–H groups in total. The van der Waals surface area contributed by atoms with E-state index >= 15 is 4.39 Å². The number of aryl methyl sites for hydroxylation is 1. The normalized spacial score (nSPS) is 11.2. The number of carbonyl (C=O) groups excluding carboxylic acids is 1. The van der Waals surface area contributed by atoms with Crippen LogP contribution >= 0.6 is 0 Å². The Morgan fingerprint density at radius 3 is 2.53 bits per heavy atom. The number of nitrogens with one attached hydrogen (secondary N) is 1. The van der Waals surface area contributed by atoms with Crippen LogP contribution in [0.2, 0.25) is 0 Å². The number of nitrogens with zero attached hydrogens (tertiary/aromatic N) is 5. The third-order valence-electron chi connectivity index (χ3n) is 7.34. The quantitative estimate of drug-likeness (QED) is 0.216. The van der Waals surface area contributed by atoms with E-state index in [9.17, 15) is 10.1 Å². The molecular formula is C34H31FN6O2. The maximum absolute atomic E-state index is 15.0. The third kappa shape index (κ3) is 6.28. The Morgan fingerprint density at radius 2 is 1.81 bits per heavy atom. The van der Waals surface area contributed by atoms with Crippen molar-refractivity contribution >= 4 is 28.3 Å². The number of nitriles is 1. The summed E-state index contributed by atoms with van der Waals surface area (Å²) in [6.07, 6.45) is 4.98. The molecule has 0 atom stereocenters. The van der Waals surface area contributed by atoms with Crippen LogP contribution < -0.4 is 15.0 Å². The minimum atomic E-state index is -0.872. The number of benzene rings is 2. The second-order valence-corrected chi connectivity index (χ2v) is 10.9. The number of hydrogen-bond donors (Lipinski definition) is 1. The number of amides is 1. The van der Waals surface area contributed by atoms with Gasteiger partial charge in [0.15, 0.2) is 0 Å². The Morgan fingerprint density at radius 1 is 1.05 bits per heavy atom. The number of hydrogen-bond acceptors (Lipinski definition) is 7. The van der Waals surface area contributed by atoms with E-state index in [2.05, 4.69) is 26.3 Å². The van der Waals surface area contributed by atoms with Crippen LogP contribution in [0.3, 0.4) is 0 Å². The molecule has 8 nitrogen and oxygen atoms in total. The Hall–Kier alpha value is -5.36. The molecule has 2 aromatic carbocycles. The van der Waals surface area contributed by atoms with Gasteiger partial charge in [-0.2, -0.15) is 5.26 Å². The highest BCUT2D eigenvalue weighted by Gasteiger charge is 2.23. The van der Waals surface area contributed by atoms with E-state index in [4.69, 9.17) is 4.74 Å². The lowest BCUT2D eigenvalue weighted by molar-refractivity contribution is 0.102. The van der Waals surface area contributed by atoms with Crippen molar-refractivity contribution < 1.29 is 13.9 Å². The number of anilines is 2. The lowest BCUT2D eigenvalue weighted by atomic mass is 9.90. The van der Waals surface area contributed by atoms with Crippen LogP contribution in [0.15, 0.2) is 79.3 Å². The Balaban J connectivity index is 1.38. The molecule has 216 valence electrons. The molecule has 3 heterocycles. The molecule has 5 rings (SSSR count). The number of halogens is 1. The molecule has 0 unspecified atom stereocenters. The van der Waals surface area contributed by atoms with Crippen molar-refractivity contribution in [3.05, 3.63) is 107 Å². The molecule has 0 aliphatic carbocycles. The van der Waals surface area contributed by atoms with E-state index in [0.29, 0.717) is 17.8 Å². The van der Waals surface area contributed by atoms with Crippen molar-refractivity contribution in [2.45, 2.75) is 32.7 Å². The first-order valence-electron chi connectivity index (χ1n) is 13.7. The molecule has 0 aliphatic heterocycles. The van der Waals surface area contributed by atoms with Crippen LogP contribution in [-0.4, -0.2) is 35.0 Å². The fourth-order valence-electron chi connectivity index (χ4n) is 4.70. The summed E-state index contributed by atoms with van der Waals surface area (Å²) < 4.78 is 20.2. The van der Waals surface area contributed by atoms with Crippen molar-refractivity contribution in [3.63, 3.8) is 0 Å². The number of rotatable bonds is 8. The highest BCUT2D eigenvalue weighted by atomic mass is 19.1. The fourth-order valence-corrected chi connectivity index (χ4v) is 4.70. The maximum Gasteiger partial charge on any atom is 0.255 e. The minimum absolute atomic E-state index is 0.0391. The summed E-state index contributed by atoms with van der Waals surface area (Å²) in [6.45, 7) is 5.92. The number of fused-ring (bicyclic) bond motifs is 1. The summed E-state index contributed by atoms with van der Waals surface area (Å²) in [7, 11) is 3.62. The Bertz CT molecular complexity index is 1860. The zero-order chi connectivity index (χ0) is 30.7. The molecule has 0 aliphatic rings. The maximum atomic E-state index is 15.0. The summed E-state index contributed by atoms with van der Waals surface area (Å²) in [5.41, 5.74) is 4.00. The van der Waals surface area contributed by atoms with E-state index in [1.54, 1.807) is 45.5 Å². The smallest absolute Gasteiger partial charge is 0.255 e. The third-order valence-corrected chi connectivity index (χ3v) is 7.34. The van der Waals surface area contributed by atoms with Crippen LogP contribution in [0, 0.1) is 24.1 Å². The second kappa shape index (κ2) is 11.9. The van der Waals surface area contributed by atoms with Gasteiger partial charge in [0.2, 0.25) is 0 Å². The van der Waals surface area contributed by atoms with E-state index in [0.717, 1.165) is 39.2 Å². The van der Waals surface area contributed by atoms with E-state index in [-0.39, 0.29) is 11.3 Å². The van der Waals surface area contributed by atoms with Gasteiger partial charge in [0.05, 0.1) is 35.5 Å². The summed E-state index contributed by atoms with van der Waals surface area (Å²) in [5, 5.41) is 12.9. The van der Waals surface area contributed by atoms with E-state index in [1.807, 2.05) is 55.3 Å². The van der Waals surface area contributed by atoms with Crippen molar-refractivity contribution in [2.24, 2.45) is 0 Å². The first-order chi connectivity index (χ1) is 20.6. The first-order valence-corrected chi connectivity index (χ1v) is 13.7. The Kier molecular flexibility index (Phi) is 8.04. The molecule has 0 radical (unpaired) electrons. The summed E-state index contributed by atoms with van der Waals surface area (Å²) in [4.78, 5) is 28.6. The number of pyridine rings is 3. The molecule has 43 heavy (non-hydrogen) atoms. The van der Waals surface area contributed by atoms with Gasteiger partial charge < -0.3 is 15.0 Å². The molecule has 0 spiro atoms. The van der Waals surface area contributed by atoms with Crippen LogP contribution in [0.25, 0.3) is 22.0 Å². The summed E-state index contributed by atoms with van der Waals surface area (Å²) >= 11 is 0. The molecular weight excluding hydrogens is 543 g/mol. The summed E-state index contributed by atoms with van der Waals surface area (Å²) in [5.74, 6) is 0.535. The van der Waals surface area contributed by atoms with E-state index < -0.39 is 17.1 Å². The largest absolute Gasteiger partial charge is 0.497 e. The van der Waals surface area contributed by atoms with Gasteiger partial charge in [-0.3, -0.25) is 14.8 Å². The average molecular weight is 575 g/mol.